The summed E-state index contributed by atoms with van der Waals surface area (Å²) in [5, 5.41) is 14.2. The Hall–Kier alpha value is -0.160. The predicted octanol–water partition coefficient (Wildman–Crippen LogP) is -2.35. The molecule has 4 nitrogen and oxygen atoms in total. The summed E-state index contributed by atoms with van der Waals surface area (Å²) in [6.07, 6.45) is 0.855. The zero-order chi connectivity index (χ0) is 6.69. The van der Waals surface area contributed by atoms with Crippen molar-refractivity contribution in [3.63, 3.8) is 0 Å². The van der Waals surface area contributed by atoms with Crippen molar-refractivity contribution in [3.05, 3.63) is 5.21 Å². The molecule has 0 aromatic carbocycles. The number of hydroxylamine groups is 2. The molecule has 2 atom stereocenters. The molecule has 2 unspecified atom stereocenters. The van der Waals surface area contributed by atoms with Crippen LogP contribution in [0.15, 0.2) is 0 Å². The van der Waals surface area contributed by atoms with Crippen molar-refractivity contribution >= 4 is 0 Å². The number of hydrogen-bond acceptors (Lipinski definition) is 3. The summed E-state index contributed by atoms with van der Waals surface area (Å²) in [7, 11) is 0. The van der Waals surface area contributed by atoms with Crippen LogP contribution in [-0.4, -0.2) is 25.8 Å². The van der Waals surface area contributed by atoms with E-state index in [1.54, 1.807) is 0 Å². The zero-order valence-corrected chi connectivity index (χ0v) is 5.39. The smallest absolute Gasteiger partial charge is 0.142 e. The Morgan fingerprint density at radius 3 is 3.00 bits per heavy atom. The van der Waals surface area contributed by atoms with Gasteiger partial charge in [-0.05, 0) is 6.54 Å². The van der Waals surface area contributed by atoms with Gasteiger partial charge in [-0.2, -0.15) is 0 Å². The van der Waals surface area contributed by atoms with Gasteiger partial charge in [0, 0.05) is 6.42 Å². The SMILES string of the molecule is NCCC1NCC[NH+]1[O-]. The van der Waals surface area contributed by atoms with Gasteiger partial charge in [0.1, 0.15) is 6.17 Å². The Labute approximate surface area is 54.6 Å². The molecule has 4 N–H and O–H groups in total. The second-order valence-electron chi connectivity index (χ2n) is 2.30. The van der Waals surface area contributed by atoms with Crippen molar-refractivity contribution in [2.45, 2.75) is 12.6 Å². The molecule has 0 aromatic heterocycles. The lowest BCUT2D eigenvalue weighted by Gasteiger charge is -2.22. The summed E-state index contributed by atoms with van der Waals surface area (Å²) in [6.45, 7) is 2.12. The molecule has 1 aliphatic heterocycles. The van der Waals surface area contributed by atoms with Crippen molar-refractivity contribution < 1.29 is 5.06 Å². The monoisotopic (exact) mass is 131 g/mol. The van der Waals surface area contributed by atoms with Crippen LogP contribution in [0.1, 0.15) is 6.42 Å². The highest BCUT2D eigenvalue weighted by Gasteiger charge is 2.19. The molecule has 54 valence electrons. The van der Waals surface area contributed by atoms with E-state index in [-0.39, 0.29) is 6.17 Å². The Balaban J connectivity index is 2.22. The topological polar surface area (TPSA) is 65.5 Å². The van der Waals surface area contributed by atoms with Crippen LogP contribution in [0.2, 0.25) is 0 Å². The molecule has 1 heterocycles. The Morgan fingerprint density at radius 2 is 2.56 bits per heavy atom. The zero-order valence-electron chi connectivity index (χ0n) is 5.39. The van der Waals surface area contributed by atoms with E-state index < -0.39 is 0 Å². The maximum atomic E-state index is 10.8. The highest BCUT2D eigenvalue weighted by atomic mass is 16.5. The van der Waals surface area contributed by atoms with E-state index in [2.05, 4.69) is 5.32 Å². The fourth-order valence-corrected chi connectivity index (χ4v) is 1.09. The second kappa shape index (κ2) is 3.12. The number of nitrogens with two attached hydrogens (primary N) is 1. The molecule has 1 saturated heterocycles. The number of nitrogens with one attached hydrogen (secondary N) is 2. The van der Waals surface area contributed by atoms with Crippen LogP contribution in [0.25, 0.3) is 0 Å². The van der Waals surface area contributed by atoms with Crippen LogP contribution in [-0.2, 0) is 0 Å². The van der Waals surface area contributed by atoms with E-state index >= 15 is 0 Å². The highest BCUT2D eigenvalue weighted by molar-refractivity contribution is 4.60. The largest absolute Gasteiger partial charge is 0.633 e. The second-order valence-corrected chi connectivity index (χ2v) is 2.30. The molecule has 1 rings (SSSR count). The average molecular weight is 131 g/mol. The third-order valence-corrected chi connectivity index (χ3v) is 1.61. The third kappa shape index (κ3) is 1.62. The highest BCUT2D eigenvalue weighted by Crippen LogP contribution is 1.82. The molecule has 0 amide bonds. The fourth-order valence-electron chi connectivity index (χ4n) is 1.09. The quantitative estimate of drug-likeness (QED) is 0.367. The molecular weight excluding hydrogens is 118 g/mol. The molecule has 0 aliphatic carbocycles. The van der Waals surface area contributed by atoms with Crippen molar-refractivity contribution in [2.24, 2.45) is 5.73 Å². The lowest BCUT2D eigenvalue weighted by molar-refractivity contribution is -0.862. The van der Waals surface area contributed by atoms with Gasteiger partial charge in [-0.1, -0.05) is 0 Å². The molecule has 0 spiro atoms. The van der Waals surface area contributed by atoms with Crippen molar-refractivity contribution in [3.8, 4) is 0 Å². The molecule has 0 saturated carbocycles. The van der Waals surface area contributed by atoms with Gasteiger partial charge in [0.2, 0.25) is 0 Å². The summed E-state index contributed by atoms with van der Waals surface area (Å²) >= 11 is 0. The molecule has 0 radical (unpaired) electrons. The van der Waals surface area contributed by atoms with Gasteiger partial charge in [-0.3, -0.25) is 5.32 Å². The lowest BCUT2D eigenvalue weighted by Crippen LogP contribution is -3.10. The van der Waals surface area contributed by atoms with Crippen LogP contribution in [0, 0.1) is 5.21 Å². The van der Waals surface area contributed by atoms with Gasteiger partial charge >= 0.3 is 0 Å². The normalized spacial score (nSPS) is 35.3. The lowest BCUT2D eigenvalue weighted by atomic mass is 10.3. The van der Waals surface area contributed by atoms with Gasteiger partial charge < -0.3 is 16.0 Å². The molecular formula is C5H13N3O. The number of rotatable bonds is 2. The van der Waals surface area contributed by atoms with Crippen LogP contribution in [0.5, 0.6) is 0 Å². The van der Waals surface area contributed by atoms with Gasteiger partial charge in [0.15, 0.2) is 0 Å². The first kappa shape index (κ1) is 6.95. The standard InChI is InChI=1S/C5H13N3O/c6-2-1-5-7-3-4-8(5)9/h5,7-8H,1-4,6H2. The molecule has 9 heavy (non-hydrogen) atoms. The molecule has 1 fully saturated rings. The molecule has 4 heteroatoms. The Kier molecular flexibility index (Phi) is 2.41. The predicted molar refractivity (Wildman–Crippen MR) is 34.7 cm³/mol. The Bertz CT molecular complexity index is 88.3. The van der Waals surface area contributed by atoms with Gasteiger partial charge in [0.25, 0.3) is 0 Å². The van der Waals surface area contributed by atoms with E-state index in [1.165, 1.54) is 0 Å². The first-order valence-corrected chi connectivity index (χ1v) is 3.31. The van der Waals surface area contributed by atoms with Gasteiger partial charge in [0.05, 0.1) is 13.1 Å². The van der Waals surface area contributed by atoms with Gasteiger partial charge in [-0.25, -0.2) is 0 Å². The Morgan fingerprint density at radius 1 is 1.78 bits per heavy atom. The van der Waals surface area contributed by atoms with Crippen molar-refractivity contribution in [1.82, 2.24) is 5.32 Å². The average Bonchev–Trinajstić information content (AvgIpc) is 2.18. The van der Waals surface area contributed by atoms with Crippen molar-refractivity contribution in [2.75, 3.05) is 19.6 Å². The minimum Gasteiger partial charge on any atom is -0.633 e. The van der Waals surface area contributed by atoms with E-state index in [0.717, 1.165) is 13.0 Å². The fraction of sp³-hybridized carbons (Fsp3) is 1.00. The summed E-state index contributed by atoms with van der Waals surface area (Å²) in [5.74, 6) is 0. The molecule has 0 aromatic rings. The molecule has 0 bridgehead atoms. The maximum Gasteiger partial charge on any atom is 0.142 e. The summed E-state index contributed by atoms with van der Waals surface area (Å²) in [4.78, 5) is 0. The minimum absolute atomic E-state index is 0.0648. The maximum absolute atomic E-state index is 10.8. The van der Waals surface area contributed by atoms with Crippen LogP contribution >= 0.6 is 0 Å². The van der Waals surface area contributed by atoms with E-state index in [4.69, 9.17) is 5.73 Å². The third-order valence-electron chi connectivity index (χ3n) is 1.61. The summed E-state index contributed by atoms with van der Waals surface area (Å²) in [5.41, 5.74) is 5.28. The first-order valence-electron chi connectivity index (χ1n) is 3.31. The van der Waals surface area contributed by atoms with Crippen LogP contribution in [0.3, 0.4) is 0 Å². The summed E-state index contributed by atoms with van der Waals surface area (Å²) < 4.78 is 0. The number of quaternary nitrogens is 1. The van der Waals surface area contributed by atoms with E-state index in [1.807, 2.05) is 0 Å². The van der Waals surface area contributed by atoms with E-state index in [9.17, 15) is 5.21 Å². The van der Waals surface area contributed by atoms with Crippen LogP contribution < -0.4 is 16.1 Å². The van der Waals surface area contributed by atoms with Gasteiger partial charge in [-0.15, -0.1) is 0 Å². The summed E-state index contributed by atoms with van der Waals surface area (Å²) in [6, 6.07) is 0. The van der Waals surface area contributed by atoms with E-state index in [0.29, 0.717) is 18.2 Å². The first-order chi connectivity index (χ1) is 4.34. The minimum atomic E-state index is 0.0648. The van der Waals surface area contributed by atoms with Crippen LogP contribution in [0.4, 0.5) is 0 Å². The molecule has 1 aliphatic rings. The van der Waals surface area contributed by atoms with Crippen molar-refractivity contribution in [1.29, 1.82) is 0 Å². The number of hydrogen-bond donors (Lipinski definition) is 3.